The first-order valence-electron chi connectivity index (χ1n) is 2.89. The highest BCUT2D eigenvalue weighted by molar-refractivity contribution is 6.30. The topological polar surface area (TPSA) is 51.4 Å². The summed E-state index contributed by atoms with van der Waals surface area (Å²) >= 11 is 5.56. The van der Waals surface area contributed by atoms with E-state index in [2.05, 4.69) is 5.32 Å². The highest BCUT2D eigenvalue weighted by atomic mass is 35.5. The van der Waals surface area contributed by atoms with E-state index in [1.807, 2.05) is 0 Å². The first-order chi connectivity index (χ1) is 5.18. The Balaban J connectivity index is 2.74. The van der Waals surface area contributed by atoms with Gasteiger partial charge in [0.15, 0.2) is 0 Å². The number of hydrogen-bond donors (Lipinski definition) is 1. The van der Waals surface area contributed by atoms with Crippen LogP contribution < -0.4 is 5.32 Å². The first-order valence-corrected chi connectivity index (χ1v) is 3.26. The minimum Gasteiger partial charge on any atom is -0.463 e. The first kappa shape index (κ1) is 7.88. The van der Waals surface area contributed by atoms with Crippen LogP contribution in [0, 0.1) is 0 Å². The SMILES string of the molecule is O=C(O)[N]c1ccc(Cl)cc1. The molecule has 4 heteroatoms. The van der Waals surface area contributed by atoms with Gasteiger partial charge in [-0.1, -0.05) is 11.6 Å². The van der Waals surface area contributed by atoms with E-state index in [1.165, 1.54) is 12.1 Å². The maximum absolute atomic E-state index is 10.1. The molecule has 0 heterocycles. The van der Waals surface area contributed by atoms with E-state index in [0.29, 0.717) is 10.7 Å². The van der Waals surface area contributed by atoms with Gasteiger partial charge >= 0.3 is 6.09 Å². The lowest BCUT2D eigenvalue weighted by atomic mass is 10.3. The fourth-order valence-corrected chi connectivity index (χ4v) is 0.752. The molecule has 1 radical (unpaired) electrons. The zero-order valence-electron chi connectivity index (χ0n) is 5.49. The Labute approximate surface area is 68.6 Å². The molecule has 1 aromatic carbocycles. The van der Waals surface area contributed by atoms with Gasteiger partial charge in [-0.15, -0.1) is 0 Å². The minimum atomic E-state index is -1.20. The predicted molar refractivity (Wildman–Crippen MR) is 41.3 cm³/mol. The van der Waals surface area contributed by atoms with E-state index in [-0.39, 0.29) is 0 Å². The van der Waals surface area contributed by atoms with Gasteiger partial charge in [-0.2, -0.15) is 5.32 Å². The summed E-state index contributed by atoms with van der Waals surface area (Å²) in [5.41, 5.74) is 0.391. The van der Waals surface area contributed by atoms with Crippen molar-refractivity contribution in [1.29, 1.82) is 0 Å². The molecule has 0 aromatic heterocycles. The zero-order valence-corrected chi connectivity index (χ0v) is 6.25. The lowest BCUT2D eigenvalue weighted by molar-refractivity contribution is 0.198. The highest BCUT2D eigenvalue weighted by Gasteiger charge is 1.98. The second-order valence-corrected chi connectivity index (χ2v) is 2.31. The van der Waals surface area contributed by atoms with Crippen molar-refractivity contribution in [2.75, 3.05) is 0 Å². The molecule has 0 bridgehead atoms. The molecule has 0 saturated carbocycles. The van der Waals surface area contributed by atoms with Crippen molar-refractivity contribution in [3.05, 3.63) is 29.3 Å². The van der Waals surface area contributed by atoms with Crippen LogP contribution in [0.15, 0.2) is 24.3 Å². The van der Waals surface area contributed by atoms with Gasteiger partial charge < -0.3 is 5.11 Å². The van der Waals surface area contributed by atoms with Gasteiger partial charge in [0.2, 0.25) is 0 Å². The van der Waals surface area contributed by atoms with Crippen LogP contribution in [-0.2, 0) is 0 Å². The lowest BCUT2D eigenvalue weighted by Crippen LogP contribution is -2.05. The van der Waals surface area contributed by atoms with Crippen molar-refractivity contribution in [1.82, 2.24) is 5.32 Å². The molecule has 1 aromatic rings. The normalized spacial score (nSPS) is 9.18. The molecule has 1 rings (SSSR count). The van der Waals surface area contributed by atoms with Gasteiger partial charge in [-0.3, -0.25) is 0 Å². The highest BCUT2D eigenvalue weighted by Crippen LogP contribution is 2.12. The number of nitrogens with zero attached hydrogens (tertiary/aromatic N) is 1. The molecule has 11 heavy (non-hydrogen) atoms. The summed E-state index contributed by atoms with van der Waals surface area (Å²) in [6.45, 7) is 0. The Hall–Kier alpha value is -1.22. The molecule has 0 fully saturated rings. The third kappa shape index (κ3) is 2.47. The van der Waals surface area contributed by atoms with Crippen molar-refractivity contribution in [2.45, 2.75) is 0 Å². The molecule has 0 spiro atoms. The summed E-state index contributed by atoms with van der Waals surface area (Å²) in [5, 5.41) is 12.1. The number of benzene rings is 1. The smallest absolute Gasteiger partial charge is 0.431 e. The Bertz CT molecular complexity index is 258. The second-order valence-electron chi connectivity index (χ2n) is 1.87. The molecule has 0 saturated heterocycles. The summed E-state index contributed by atoms with van der Waals surface area (Å²) in [5.74, 6) is 0. The van der Waals surface area contributed by atoms with E-state index in [9.17, 15) is 4.79 Å². The van der Waals surface area contributed by atoms with Crippen molar-refractivity contribution < 1.29 is 9.90 Å². The van der Waals surface area contributed by atoms with E-state index >= 15 is 0 Å². The Kier molecular flexibility index (Phi) is 2.33. The maximum atomic E-state index is 10.1. The molecule has 1 N–H and O–H groups in total. The molecule has 0 unspecified atom stereocenters. The zero-order chi connectivity index (χ0) is 8.27. The minimum absolute atomic E-state index is 0.391. The van der Waals surface area contributed by atoms with E-state index in [1.54, 1.807) is 12.1 Å². The number of amides is 1. The number of carbonyl (C=O) groups is 1. The number of halogens is 1. The van der Waals surface area contributed by atoms with Crippen molar-refractivity contribution >= 4 is 23.4 Å². The van der Waals surface area contributed by atoms with Crippen molar-refractivity contribution in [3.8, 4) is 0 Å². The molecule has 3 nitrogen and oxygen atoms in total. The maximum Gasteiger partial charge on any atom is 0.431 e. The third-order valence-electron chi connectivity index (χ3n) is 1.05. The average Bonchev–Trinajstić information content (AvgIpc) is 1.93. The van der Waals surface area contributed by atoms with Crippen LogP contribution in [-0.4, -0.2) is 11.2 Å². The molecular weight excluding hydrogens is 166 g/mol. The number of hydrogen-bond acceptors (Lipinski definition) is 1. The van der Waals surface area contributed by atoms with E-state index in [4.69, 9.17) is 16.7 Å². The summed E-state index contributed by atoms with van der Waals surface area (Å²) in [7, 11) is 0. The van der Waals surface area contributed by atoms with Crippen LogP contribution >= 0.6 is 11.6 Å². The number of carboxylic acid groups (broad SMARTS) is 1. The molecule has 0 aliphatic heterocycles. The van der Waals surface area contributed by atoms with Gasteiger partial charge in [0.05, 0.1) is 5.69 Å². The predicted octanol–water partition coefficient (Wildman–Crippen LogP) is 2.25. The van der Waals surface area contributed by atoms with Gasteiger partial charge in [-0.05, 0) is 24.3 Å². The standard InChI is InChI=1S/C7H5ClNO2/c8-5-1-3-6(4-2-5)9-7(10)11/h1-4H,(H,10,11). The fraction of sp³-hybridized carbons (Fsp3) is 0. The second kappa shape index (κ2) is 3.25. The van der Waals surface area contributed by atoms with Gasteiger partial charge in [-0.25, -0.2) is 4.79 Å². The Morgan fingerprint density at radius 3 is 2.36 bits per heavy atom. The molecule has 57 valence electrons. The van der Waals surface area contributed by atoms with Gasteiger partial charge in [0.25, 0.3) is 0 Å². The molecule has 1 amide bonds. The van der Waals surface area contributed by atoms with E-state index < -0.39 is 6.09 Å². The molecule has 0 aliphatic rings. The van der Waals surface area contributed by atoms with Crippen LogP contribution in [0.25, 0.3) is 0 Å². The molecule has 0 aliphatic carbocycles. The van der Waals surface area contributed by atoms with E-state index in [0.717, 1.165) is 0 Å². The fourth-order valence-electron chi connectivity index (χ4n) is 0.626. The van der Waals surface area contributed by atoms with Gasteiger partial charge in [0, 0.05) is 5.02 Å². The van der Waals surface area contributed by atoms with Crippen LogP contribution in [0.1, 0.15) is 0 Å². The monoisotopic (exact) mass is 170 g/mol. The summed E-state index contributed by atoms with van der Waals surface area (Å²) in [6.07, 6.45) is -1.20. The average molecular weight is 171 g/mol. The Morgan fingerprint density at radius 1 is 1.36 bits per heavy atom. The summed E-state index contributed by atoms with van der Waals surface area (Å²) < 4.78 is 0. The summed E-state index contributed by atoms with van der Waals surface area (Å²) in [6, 6.07) is 6.25. The van der Waals surface area contributed by atoms with Crippen LogP contribution in [0.5, 0.6) is 0 Å². The molecule has 0 atom stereocenters. The van der Waals surface area contributed by atoms with Crippen LogP contribution in [0.4, 0.5) is 10.5 Å². The third-order valence-corrected chi connectivity index (χ3v) is 1.30. The largest absolute Gasteiger partial charge is 0.463 e. The van der Waals surface area contributed by atoms with Crippen molar-refractivity contribution in [2.24, 2.45) is 0 Å². The quantitative estimate of drug-likeness (QED) is 0.703. The van der Waals surface area contributed by atoms with Crippen LogP contribution in [0.2, 0.25) is 5.02 Å². The summed E-state index contributed by atoms with van der Waals surface area (Å²) in [4.78, 5) is 10.1. The lowest BCUT2D eigenvalue weighted by Gasteiger charge is -1.95. The number of rotatable bonds is 1. The molecular formula is C7H5ClNO2. The van der Waals surface area contributed by atoms with Gasteiger partial charge in [0.1, 0.15) is 0 Å². The Morgan fingerprint density at radius 2 is 1.91 bits per heavy atom. The van der Waals surface area contributed by atoms with Crippen LogP contribution in [0.3, 0.4) is 0 Å². The van der Waals surface area contributed by atoms with Crippen molar-refractivity contribution in [3.63, 3.8) is 0 Å².